The number of amides is 1. The highest BCUT2D eigenvalue weighted by Gasteiger charge is 2.19. The van der Waals surface area contributed by atoms with Gasteiger partial charge in [-0.2, -0.15) is 0 Å². The number of hydrogen-bond donors (Lipinski definition) is 2. The zero-order chi connectivity index (χ0) is 15.4. The van der Waals surface area contributed by atoms with Crippen LogP contribution in [0.1, 0.15) is 9.67 Å². The number of rotatable bonds is 4. The van der Waals surface area contributed by atoms with Crippen molar-refractivity contribution >= 4 is 28.3 Å². The van der Waals surface area contributed by atoms with Crippen LogP contribution < -0.4 is 10.6 Å². The molecule has 3 aromatic rings. The van der Waals surface area contributed by atoms with Crippen LogP contribution in [0.15, 0.2) is 42.9 Å². The molecule has 0 aromatic carbocycles. The van der Waals surface area contributed by atoms with Gasteiger partial charge >= 0.3 is 0 Å². The summed E-state index contributed by atoms with van der Waals surface area (Å²) in [6.07, 6.45) is 4.92. The third-order valence-electron chi connectivity index (χ3n) is 2.75. The van der Waals surface area contributed by atoms with Gasteiger partial charge in [0.25, 0.3) is 5.91 Å². The smallest absolute Gasteiger partial charge is 0.263 e. The Morgan fingerprint density at radius 1 is 1.09 bits per heavy atom. The molecule has 0 aliphatic rings. The second-order valence-electron chi connectivity index (χ2n) is 4.19. The number of carbonyl (C=O) groups is 1. The Balaban J connectivity index is 2.00. The third kappa shape index (κ3) is 2.91. The van der Waals surface area contributed by atoms with E-state index in [1.165, 1.54) is 11.3 Å². The molecule has 8 heteroatoms. The molecule has 2 N–H and O–H groups in total. The summed E-state index contributed by atoms with van der Waals surface area (Å²) in [6, 6.07) is 7.20. The van der Waals surface area contributed by atoms with Gasteiger partial charge in [0.1, 0.15) is 10.6 Å². The van der Waals surface area contributed by atoms with Crippen LogP contribution in [0.5, 0.6) is 0 Å². The Hall–Kier alpha value is -2.87. The van der Waals surface area contributed by atoms with Gasteiger partial charge in [-0.3, -0.25) is 9.78 Å². The first-order chi connectivity index (χ1) is 10.8. The van der Waals surface area contributed by atoms with Crippen LogP contribution in [-0.4, -0.2) is 32.9 Å². The van der Waals surface area contributed by atoms with Crippen LogP contribution >= 0.6 is 11.3 Å². The average molecular weight is 312 g/mol. The summed E-state index contributed by atoms with van der Waals surface area (Å²) >= 11 is 1.23. The van der Waals surface area contributed by atoms with E-state index in [9.17, 15) is 4.79 Å². The molecule has 0 spiro atoms. The number of carbonyl (C=O) groups excluding carboxylic acids is 1. The number of pyridine rings is 1. The molecule has 1 amide bonds. The molecule has 0 bridgehead atoms. The summed E-state index contributed by atoms with van der Waals surface area (Å²) in [5.41, 5.74) is 1.17. The summed E-state index contributed by atoms with van der Waals surface area (Å²) in [4.78, 5) is 29.4. The van der Waals surface area contributed by atoms with Gasteiger partial charge in [-0.05, 0) is 18.2 Å². The van der Waals surface area contributed by atoms with Crippen molar-refractivity contribution in [3.63, 3.8) is 0 Å². The molecule has 0 aliphatic heterocycles. The van der Waals surface area contributed by atoms with Gasteiger partial charge in [0.05, 0.1) is 5.69 Å². The number of hydrogen-bond acceptors (Lipinski definition) is 7. The van der Waals surface area contributed by atoms with Crippen LogP contribution in [0.3, 0.4) is 0 Å². The summed E-state index contributed by atoms with van der Waals surface area (Å²) in [5.74, 6) is 0.215. The molecule has 110 valence electrons. The summed E-state index contributed by atoms with van der Waals surface area (Å²) < 4.78 is 0. The van der Waals surface area contributed by atoms with Gasteiger partial charge in [0, 0.05) is 25.6 Å². The van der Waals surface area contributed by atoms with E-state index in [-0.39, 0.29) is 5.91 Å². The van der Waals surface area contributed by atoms with Crippen LogP contribution in [0.4, 0.5) is 11.1 Å². The van der Waals surface area contributed by atoms with Gasteiger partial charge in [-0.15, -0.1) is 0 Å². The Kier molecular flexibility index (Phi) is 4.01. The van der Waals surface area contributed by atoms with Gasteiger partial charge in [0.2, 0.25) is 5.95 Å². The molecule has 7 nitrogen and oxygen atoms in total. The second kappa shape index (κ2) is 6.27. The molecule has 0 atom stereocenters. The van der Waals surface area contributed by atoms with Crippen molar-refractivity contribution in [2.45, 2.75) is 0 Å². The molecule has 0 saturated carbocycles. The summed E-state index contributed by atoms with van der Waals surface area (Å²) in [6.45, 7) is 0. The number of nitrogens with zero attached hydrogens (tertiary/aromatic N) is 4. The minimum Gasteiger partial charge on any atom is -0.354 e. The number of nitrogens with one attached hydrogen (secondary N) is 2. The Bertz CT molecular complexity index is 775. The monoisotopic (exact) mass is 312 g/mol. The van der Waals surface area contributed by atoms with Crippen LogP contribution in [0, 0.1) is 0 Å². The van der Waals surface area contributed by atoms with E-state index in [1.54, 1.807) is 31.7 Å². The fourth-order valence-electron chi connectivity index (χ4n) is 1.78. The van der Waals surface area contributed by atoms with Crippen molar-refractivity contribution < 1.29 is 4.79 Å². The fourth-order valence-corrected chi connectivity index (χ4v) is 2.69. The lowest BCUT2D eigenvalue weighted by molar-refractivity contribution is 0.0967. The molecule has 3 heterocycles. The molecular weight excluding hydrogens is 300 g/mol. The van der Waals surface area contributed by atoms with Crippen molar-refractivity contribution in [2.75, 3.05) is 12.4 Å². The van der Waals surface area contributed by atoms with E-state index in [0.717, 1.165) is 0 Å². The minimum atomic E-state index is -0.208. The molecule has 22 heavy (non-hydrogen) atoms. The molecule has 0 radical (unpaired) electrons. The Morgan fingerprint density at radius 2 is 1.86 bits per heavy atom. The topological polar surface area (TPSA) is 92.7 Å². The van der Waals surface area contributed by atoms with Crippen molar-refractivity contribution in [1.29, 1.82) is 0 Å². The van der Waals surface area contributed by atoms with E-state index in [4.69, 9.17) is 0 Å². The van der Waals surface area contributed by atoms with Gasteiger partial charge < -0.3 is 10.6 Å². The molecule has 0 unspecified atom stereocenters. The largest absolute Gasteiger partial charge is 0.354 e. The van der Waals surface area contributed by atoms with E-state index in [0.29, 0.717) is 27.3 Å². The maximum absolute atomic E-state index is 12.0. The molecule has 3 aromatic heterocycles. The van der Waals surface area contributed by atoms with E-state index >= 15 is 0 Å². The Labute approximate surface area is 130 Å². The first-order valence-electron chi connectivity index (χ1n) is 6.46. The molecule has 0 aliphatic carbocycles. The van der Waals surface area contributed by atoms with Crippen LogP contribution in [0.25, 0.3) is 11.4 Å². The summed E-state index contributed by atoms with van der Waals surface area (Å²) in [7, 11) is 1.58. The van der Waals surface area contributed by atoms with Crippen molar-refractivity contribution in [3.8, 4) is 11.4 Å². The quantitative estimate of drug-likeness (QED) is 0.766. The van der Waals surface area contributed by atoms with E-state index in [2.05, 4.69) is 30.6 Å². The lowest BCUT2D eigenvalue weighted by Crippen LogP contribution is -2.17. The maximum Gasteiger partial charge on any atom is 0.263 e. The Morgan fingerprint density at radius 3 is 2.55 bits per heavy atom. The highest BCUT2D eigenvalue weighted by atomic mass is 32.1. The lowest BCUT2D eigenvalue weighted by atomic mass is 10.2. The minimum absolute atomic E-state index is 0.208. The molecule has 0 fully saturated rings. The van der Waals surface area contributed by atoms with Gasteiger partial charge in [-0.1, -0.05) is 17.4 Å². The predicted molar refractivity (Wildman–Crippen MR) is 84.0 cm³/mol. The number of anilines is 2. The first kappa shape index (κ1) is 14.1. The van der Waals surface area contributed by atoms with Gasteiger partial charge in [0.15, 0.2) is 5.13 Å². The van der Waals surface area contributed by atoms with Crippen molar-refractivity contribution in [1.82, 2.24) is 25.3 Å². The highest BCUT2D eigenvalue weighted by Crippen LogP contribution is 2.30. The highest BCUT2D eigenvalue weighted by molar-refractivity contribution is 7.18. The van der Waals surface area contributed by atoms with E-state index < -0.39 is 0 Å². The number of thiazole rings is 1. The maximum atomic E-state index is 12.0. The van der Waals surface area contributed by atoms with Gasteiger partial charge in [-0.25, -0.2) is 15.0 Å². The lowest BCUT2D eigenvalue weighted by Gasteiger charge is -1.99. The zero-order valence-electron chi connectivity index (χ0n) is 11.6. The number of aromatic nitrogens is 4. The predicted octanol–water partition coefficient (Wildman–Crippen LogP) is 2.10. The SMILES string of the molecule is CNC(=O)c1sc(Nc2ncccn2)nc1-c1ccccn1. The van der Waals surface area contributed by atoms with Crippen LogP contribution in [-0.2, 0) is 0 Å². The van der Waals surface area contributed by atoms with Crippen molar-refractivity contribution in [2.24, 2.45) is 0 Å². The first-order valence-corrected chi connectivity index (χ1v) is 7.28. The standard InChI is InChI=1S/C14H12N6OS/c1-15-12(21)11-10(9-5-2-3-6-16-9)19-14(22-11)20-13-17-7-4-8-18-13/h2-8H,1H3,(H,15,21)(H,17,18,19,20). The molecule has 3 rings (SSSR count). The average Bonchev–Trinajstić information content (AvgIpc) is 3.00. The van der Waals surface area contributed by atoms with Crippen LogP contribution in [0.2, 0.25) is 0 Å². The second-order valence-corrected chi connectivity index (χ2v) is 5.19. The van der Waals surface area contributed by atoms with Crippen molar-refractivity contribution in [3.05, 3.63) is 47.7 Å². The zero-order valence-corrected chi connectivity index (χ0v) is 12.5. The van der Waals surface area contributed by atoms with E-state index in [1.807, 2.05) is 18.2 Å². The summed E-state index contributed by atoms with van der Waals surface area (Å²) in [5, 5.41) is 6.14. The normalized spacial score (nSPS) is 10.2. The fraction of sp³-hybridized carbons (Fsp3) is 0.0714. The third-order valence-corrected chi connectivity index (χ3v) is 3.72. The molecule has 0 saturated heterocycles. The molecular formula is C14H12N6OS.